The molecule has 0 bridgehead atoms. The zero-order valence-electron chi connectivity index (χ0n) is 8.91. The van der Waals surface area contributed by atoms with Crippen molar-refractivity contribution in [3.8, 4) is 0 Å². The fourth-order valence-corrected chi connectivity index (χ4v) is 1.17. The van der Waals surface area contributed by atoms with Gasteiger partial charge in [0.1, 0.15) is 0 Å². The lowest BCUT2D eigenvalue weighted by molar-refractivity contribution is 0.163. The maximum Gasteiger partial charge on any atom is 0.223 e. The monoisotopic (exact) mass is 199 g/mol. The van der Waals surface area contributed by atoms with Crippen molar-refractivity contribution < 1.29 is 9.26 Å². The van der Waals surface area contributed by atoms with E-state index >= 15 is 0 Å². The molecule has 0 radical (unpaired) electrons. The number of nitrogens with one attached hydrogen (secondary N) is 1. The second-order valence-electron chi connectivity index (χ2n) is 3.17. The molecule has 0 saturated heterocycles. The summed E-state index contributed by atoms with van der Waals surface area (Å²) in [6.45, 7) is 5.22. The van der Waals surface area contributed by atoms with Crippen molar-refractivity contribution in [2.24, 2.45) is 0 Å². The van der Waals surface area contributed by atoms with Gasteiger partial charge in [0.2, 0.25) is 5.89 Å². The van der Waals surface area contributed by atoms with Crippen LogP contribution in [0.5, 0.6) is 0 Å². The van der Waals surface area contributed by atoms with Crippen molar-refractivity contribution >= 4 is 0 Å². The molecule has 0 aliphatic carbocycles. The minimum Gasteiger partial charge on any atom is -0.383 e. The van der Waals surface area contributed by atoms with Crippen molar-refractivity contribution in [1.82, 2.24) is 15.5 Å². The molecule has 1 aromatic heterocycles. The Morgan fingerprint density at radius 2 is 2.36 bits per heavy atom. The summed E-state index contributed by atoms with van der Waals surface area (Å²) < 4.78 is 9.92. The summed E-state index contributed by atoms with van der Waals surface area (Å²) in [6.07, 6.45) is 1.02. The van der Waals surface area contributed by atoms with Crippen molar-refractivity contribution in [3.63, 3.8) is 0 Å². The summed E-state index contributed by atoms with van der Waals surface area (Å²) in [5, 5.41) is 7.08. The molecular formula is C9H17N3O2. The molecule has 0 fully saturated rings. The van der Waals surface area contributed by atoms with Gasteiger partial charge in [-0.1, -0.05) is 12.1 Å². The molecule has 0 saturated carbocycles. The zero-order chi connectivity index (χ0) is 10.4. The first-order valence-corrected chi connectivity index (χ1v) is 4.77. The van der Waals surface area contributed by atoms with Gasteiger partial charge in [0, 0.05) is 20.1 Å². The molecule has 1 N–H and O–H groups in total. The van der Waals surface area contributed by atoms with Crippen molar-refractivity contribution in [3.05, 3.63) is 11.7 Å². The first kappa shape index (κ1) is 11.1. The normalized spacial score (nSPS) is 13.1. The molecule has 1 aromatic rings. The lowest BCUT2D eigenvalue weighted by Crippen LogP contribution is -2.32. The van der Waals surface area contributed by atoms with Crippen LogP contribution in [-0.4, -0.2) is 29.9 Å². The molecule has 0 amide bonds. The number of aryl methyl sites for hydroxylation is 1. The molecule has 0 aliphatic heterocycles. The molecule has 1 unspecified atom stereocenters. The van der Waals surface area contributed by atoms with E-state index in [2.05, 4.69) is 22.4 Å². The van der Waals surface area contributed by atoms with E-state index in [1.807, 2.05) is 0 Å². The van der Waals surface area contributed by atoms with E-state index in [1.165, 1.54) is 0 Å². The van der Waals surface area contributed by atoms with E-state index in [0.717, 1.165) is 6.42 Å². The molecule has 1 heterocycles. The molecule has 5 nitrogen and oxygen atoms in total. The van der Waals surface area contributed by atoms with Gasteiger partial charge in [0.25, 0.3) is 0 Å². The van der Waals surface area contributed by atoms with Crippen LogP contribution in [0.2, 0.25) is 0 Å². The molecule has 80 valence electrons. The number of hydrogen-bond donors (Lipinski definition) is 1. The minimum atomic E-state index is 0.346. The van der Waals surface area contributed by atoms with Gasteiger partial charge in [-0.15, -0.1) is 0 Å². The number of methoxy groups -OCH3 is 1. The van der Waals surface area contributed by atoms with Gasteiger partial charge in [0.05, 0.1) is 13.2 Å². The Morgan fingerprint density at radius 1 is 1.57 bits per heavy atom. The van der Waals surface area contributed by atoms with Gasteiger partial charge in [-0.25, -0.2) is 0 Å². The Balaban J connectivity index is 2.31. The second kappa shape index (κ2) is 5.72. The predicted octanol–water partition coefficient (Wildman–Crippen LogP) is 0.893. The Bertz CT molecular complexity index is 262. The maximum atomic E-state index is 5.06. The molecule has 1 rings (SSSR count). The second-order valence-corrected chi connectivity index (χ2v) is 3.17. The summed E-state index contributed by atoms with van der Waals surface area (Å²) in [6, 6.07) is 0.346. The Labute approximate surface area is 83.8 Å². The average molecular weight is 199 g/mol. The summed E-state index contributed by atoms with van der Waals surface area (Å²) in [5.74, 6) is 1.29. The van der Waals surface area contributed by atoms with Crippen LogP contribution in [-0.2, 0) is 11.3 Å². The van der Waals surface area contributed by atoms with E-state index in [9.17, 15) is 0 Å². The lowest BCUT2D eigenvalue weighted by Gasteiger charge is -2.13. The van der Waals surface area contributed by atoms with Crippen LogP contribution < -0.4 is 5.32 Å². The van der Waals surface area contributed by atoms with Crippen LogP contribution in [0.25, 0.3) is 0 Å². The van der Waals surface area contributed by atoms with Crippen LogP contribution in [0.15, 0.2) is 4.52 Å². The third kappa shape index (κ3) is 3.43. The van der Waals surface area contributed by atoms with Crippen molar-refractivity contribution in [1.29, 1.82) is 0 Å². The number of hydrogen-bond acceptors (Lipinski definition) is 5. The average Bonchev–Trinajstić information content (AvgIpc) is 2.59. The van der Waals surface area contributed by atoms with E-state index in [1.54, 1.807) is 14.0 Å². The summed E-state index contributed by atoms with van der Waals surface area (Å²) in [7, 11) is 1.70. The topological polar surface area (TPSA) is 60.2 Å². The Hall–Kier alpha value is -0.940. The van der Waals surface area contributed by atoms with E-state index in [-0.39, 0.29) is 0 Å². The first-order valence-electron chi connectivity index (χ1n) is 4.77. The van der Waals surface area contributed by atoms with Crippen LogP contribution in [0.3, 0.4) is 0 Å². The third-order valence-electron chi connectivity index (χ3n) is 1.98. The molecule has 0 spiro atoms. The van der Waals surface area contributed by atoms with Gasteiger partial charge < -0.3 is 14.6 Å². The van der Waals surface area contributed by atoms with Gasteiger partial charge >= 0.3 is 0 Å². The maximum absolute atomic E-state index is 5.06. The lowest BCUT2D eigenvalue weighted by atomic mass is 10.2. The Morgan fingerprint density at radius 3 is 2.86 bits per heavy atom. The van der Waals surface area contributed by atoms with Gasteiger partial charge in [-0.2, -0.15) is 4.98 Å². The summed E-state index contributed by atoms with van der Waals surface area (Å²) in [5.41, 5.74) is 0. The standard InChI is InChI=1S/C9H17N3O2/c1-4-8(6-13-3)10-5-9-11-7(2)14-12-9/h8,10H,4-6H2,1-3H3. The first-order chi connectivity index (χ1) is 6.76. The van der Waals surface area contributed by atoms with Gasteiger partial charge in [0.15, 0.2) is 5.82 Å². The van der Waals surface area contributed by atoms with E-state index in [4.69, 9.17) is 9.26 Å². The molecule has 14 heavy (non-hydrogen) atoms. The van der Waals surface area contributed by atoms with E-state index < -0.39 is 0 Å². The minimum absolute atomic E-state index is 0.346. The number of nitrogens with zero attached hydrogens (tertiary/aromatic N) is 2. The van der Waals surface area contributed by atoms with Gasteiger partial charge in [-0.3, -0.25) is 0 Å². The van der Waals surface area contributed by atoms with E-state index in [0.29, 0.717) is 30.9 Å². The SMILES string of the molecule is CCC(COC)NCc1noc(C)n1. The highest BCUT2D eigenvalue weighted by Gasteiger charge is 2.07. The summed E-state index contributed by atoms with van der Waals surface area (Å²) >= 11 is 0. The Kier molecular flexibility index (Phi) is 4.55. The zero-order valence-corrected chi connectivity index (χ0v) is 8.91. The smallest absolute Gasteiger partial charge is 0.223 e. The molecule has 0 aliphatic rings. The van der Waals surface area contributed by atoms with Crippen LogP contribution in [0.1, 0.15) is 25.1 Å². The number of aromatic nitrogens is 2. The highest BCUT2D eigenvalue weighted by atomic mass is 16.5. The van der Waals surface area contributed by atoms with Crippen LogP contribution in [0.4, 0.5) is 0 Å². The number of rotatable bonds is 6. The largest absolute Gasteiger partial charge is 0.383 e. The molecular weight excluding hydrogens is 182 g/mol. The molecule has 5 heteroatoms. The quantitative estimate of drug-likeness (QED) is 0.737. The molecule has 1 atom stereocenters. The fourth-order valence-electron chi connectivity index (χ4n) is 1.17. The highest BCUT2D eigenvalue weighted by molar-refractivity contribution is 4.83. The number of ether oxygens (including phenoxy) is 1. The van der Waals surface area contributed by atoms with Crippen LogP contribution >= 0.6 is 0 Å². The highest BCUT2D eigenvalue weighted by Crippen LogP contribution is 1.97. The van der Waals surface area contributed by atoms with Crippen LogP contribution in [0, 0.1) is 6.92 Å². The fraction of sp³-hybridized carbons (Fsp3) is 0.778. The predicted molar refractivity (Wildman–Crippen MR) is 51.8 cm³/mol. The third-order valence-corrected chi connectivity index (χ3v) is 1.98. The van der Waals surface area contributed by atoms with Gasteiger partial charge in [-0.05, 0) is 6.42 Å². The molecule has 0 aromatic carbocycles. The van der Waals surface area contributed by atoms with Crippen molar-refractivity contribution in [2.75, 3.05) is 13.7 Å². The summed E-state index contributed by atoms with van der Waals surface area (Å²) in [4.78, 5) is 4.10. The van der Waals surface area contributed by atoms with Crippen molar-refractivity contribution in [2.45, 2.75) is 32.9 Å².